The van der Waals surface area contributed by atoms with Gasteiger partial charge in [-0.2, -0.15) is 5.26 Å². The average Bonchev–Trinajstić information content (AvgIpc) is 3.13. The highest BCUT2D eigenvalue weighted by atomic mass is 79.9. The Hall–Kier alpha value is -2.66. The van der Waals surface area contributed by atoms with Crippen molar-refractivity contribution in [3.05, 3.63) is 46.1 Å². The number of benzene rings is 1. The molecule has 3 rings (SSSR count). The summed E-state index contributed by atoms with van der Waals surface area (Å²) in [7, 11) is 0. The maximum atomic E-state index is 12.1. The van der Waals surface area contributed by atoms with Crippen molar-refractivity contribution in [3.8, 4) is 6.07 Å². The Labute approximate surface area is 139 Å². The monoisotopic (exact) mass is 374 g/mol. The van der Waals surface area contributed by atoms with Crippen molar-refractivity contribution in [2.24, 2.45) is 0 Å². The van der Waals surface area contributed by atoms with Crippen LogP contribution in [-0.4, -0.2) is 27.3 Å². The van der Waals surface area contributed by atoms with Gasteiger partial charge < -0.3 is 9.15 Å². The zero-order valence-electron chi connectivity index (χ0n) is 12.1. The zero-order valence-corrected chi connectivity index (χ0v) is 13.7. The van der Waals surface area contributed by atoms with E-state index in [0.29, 0.717) is 11.1 Å². The van der Waals surface area contributed by atoms with Gasteiger partial charge in [0.05, 0.1) is 13.2 Å². The molecule has 23 heavy (non-hydrogen) atoms. The minimum Gasteiger partial charge on any atom is -0.460 e. The van der Waals surface area contributed by atoms with Crippen molar-refractivity contribution in [3.63, 3.8) is 0 Å². The van der Waals surface area contributed by atoms with Gasteiger partial charge in [0.15, 0.2) is 0 Å². The first kappa shape index (κ1) is 15.2. The van der Waals surface area contributed by atoms with Gasteiger partial charge in [0.25, 0.3) is 5.82 Å². The topological polar surface area (TPSA) is 93.9 Å². The van der Waals surface area contributed by atoms with Gasteiger partial charge in [0, 0.05) is 15.4 Å². The van der Waals surface area contributed by atoms with E-state index in [1.165, 1.54) is 11.0 Å². The minimum absolute atomic E-state index is 0.0664. The molecule has 0 aliphatic carbocycles. The van der Waals surface area contributed by atoms with E-state index < -0.39 is 5.97 Å². The average molecular weight is 375 g/mol. The number of esters is 1. The Morgan fingerprint density at radius 3 is 3.04 bits per heavy atom. The number of aromatic nitrogens is 3. The fourth-order valence-corrected chi connectivity index (χ4v) is 2.58. The summed E-state index contributed by atoms with van der Waals surface area (Å²) in [5.41, 5.74) is 1.21. The lowest BCUT2D eigenvalue weighted by Crippen LogP contribution is -2.09. The van der Waals surface area contributed by atoms with Crippen LogP contribution in [0.4, 0.5) is 0 Å². The van der Waals surface area contributed by atoms with Crippen molar-refractivity contribution in [1.29, 1.82) is 5.26 Å². The van der Waals surface area contributed by atoms with E-state index in [2.05, 4.69) is 26.0 Å². The van der Waals surface area contributed by atoms with Crippen LogP contribution in [0.5, 0.6) is 0 Å². The summed E-state index contributed by atoms with van der Waals surface area (Å²) in [6.45, 7) is 2.22. The van der Waals surface area contributed by atoms with Crippen LogP contribution < -0.4 is 0 Å². The lowest BCUT2D eigenvalue weighted by Gasteiger charge is -2.03. The van der Waals surface area contributed by atoms with Crippen molar-refractivity contribution >= 4 is 32.9 Å². The molecule has 0 aliphatic rings. The Kier molecular flexibility index (Phi) is 4.12. The summed E-state index contributed by atoms with van der Waals surface area (Å²) in [4.78, 5) is 16.0. The second kappa shape index (κ2) is 6.22. The summed E-state index contributed by atoms with van der Waals surface area (Å²) in [5.74, 6) is -0.332. The van der Waals surface area contributed by atoms with E-state index in [1.54, 1.807) is 13.0 Å². The number of fused-ring (bicyclic) bond motifs is 1. The second-order valence-electron chi connectivity index (χ2n) is 4.65. The van der Waals surface area contributed by atoms with Gasteiger partial charge in [-0.1, -0.05) is 15.9 Å². The summed E-state index contributed by atoms with van der Waals surface area (Å²) >= 11 is 3.41. The Morgan fingerprint density at radius 1 is 1.52 bits per heavy atom. The predicted octanol–water partition coefficient (Wildman–Crippen LogP) is 2.88. The number of hydrogen-bond acceptors (Lipinski definition) is 6. The molecule has 0 fully saturated rings. The molecule has 0 N–H and O–H groups in total. The van der Waals surface area contributed by atoms with Crippen LogP contribution in [0, 0.1) is 11.3 Å². The Balaban J connectivity index is 2.11. The van der Waals surface area contributed by atoms with E-state index in [0.717, 1.165) is 9.86 Å². The van der Waals surface area contributed by atoms with E-state index in [1.807, 2.05) is 18.2 Å². The molecule has 0 saturated carbocycles. The molecule has 0 aliphatic heterocycles. The number of ether oxygens (including phenoxy) is 1. The molecule has 0 atom stereocenters. The van der Waals surface area contributed by atoms with Crippen LogP contribution in [0.1, 0.15) is 28.9 Å². The standard InChI is InChI=1S/C15H11BrN4O3/c1-2-22-15(21)14-11(7-20-8-18-13(6-17)19-20)10-5-9(16)3-4-12(10)23-14/h3-5,8H,2,7H2,1H3. The number of hydrogen-bond donors (Lipinski definition) is 0. The van der Waals surface area contributed by atoms with E-state index >= 15 is 0 Å². The maximum absolute atomic E-state index is 12.1. The summed E-state index contributed by atoms with van der Waals surface area (Å²) in [6.07, 6.45) is 1.43. The molecule has 2 heterocycles. The first-order chi connectivity index (χ1) is 11.1. The Bertz CT molecular complexity index is 923. The molecular weight excluding hydrogens is 364 g/mol. The second-order valence-corrected chi connectivity index (χ2v) is 5.56. The number of carbonyl (C=O) groups excluding carboxylic acids is 1. The number of carbonyl (C=O) groups is 1. The highest BCUT2D eigenvalue weighted by Crippen LogP contribution is 2.29. The van der Waals surface area contributed by atoms with Crippen molar-refractivity contribution in [2.75, 3.05) is 6.61 Å². The third-order valence-electron chi connectivity index (χ3n) is 3.17. The molecule has 0 saturated heterocycles. The SMILES string of the molecule is CCOC(=O)c1oc2ccc(Br)cc2c1Cn1cnc(C#N)n1. The van der Waals surface area contributed by atoms with Gasteiger partial charge in [-0.25, -0.2) is 14.5 Å². The summed E-state index contributed by atoms with van der Waals surface area (Å²) in [6, 6.07) is 7.32. The van der Waals surface area contributed by atoms with Crippen LogP contribution in [0.3, 0.4) is 0 Å². The quantitative estimate of drug-likeness (QED) is 0.651. The van der Waals surface area contributed by atoms with E-state index in [4.69, 9.17) is 14.4 Å². The lowest BCUT2D eigenvalue weighted by atomic mass is 10.1. The zero-order chi connectivity index (χ0) is 16.4. The smallest absolute Gasteiger partial charge is 0.374 e. The molecule has 3 aromatic rings. The van der Waals surface area contributed by atoms with Crippen molar-refractivity contribution in [2.45, 2.75) is 13.5 Å². The van der Waals surface area contributed by atoms with Crippen LogP contribution >= 0.6 is 15.9 Å². The van der Waals surface area contributed by atoms with Gasteiger partial charge in [0.2, 0.25) is 5.76 Å². The molecule has 0 unspecified atom stereocenters. The largest absolute Gasteiger partial charge is 0.460 e. The van der Waals surface area contributed by atoms with E-state index in [-0.39, 0.29) is 24.7 Å². The summed E-state index contributed by atoms with van der Waals surface area (Å²) < 4.78 is 13.0. The number of rotatable bonds is 4. The molecule has 0 spiro atoms. The fraction of sp³-hybridized carbons (Fsp3) is 0.200. The number of furan rings is 1. The molecule has 1 aromatic carbocycles. The van der Waals surface area contributed by atoms with E-state index in [9.17, 15) is 4.79 Å². The lowest BCUT2D eigenvalue weighted by molar-refractivity contribution is 0.0490. The molecule has 0 radical (unpaired) electrons. The van der Waals surface area contributed by atoms with Crippen LogP contribution in [0.25, 0.3) is 11.0 Å². The molecule has 116 valence electrons. The molecule has 0 bridgehead atoms. The predicted molar refractivity (Wildman–Crippen MR) is 83.7 cm³/mol. The minimum atomic E-state index is -0.532. The van der Waals surface area contributed by atoms with Crippen LogP contribution in [0.2, 0.25) is 0 Å². The number of nitrogens with zero attached hydrogens (tertiary/aromatic N) is 4. The van der Waals surface area contributed by atoms with Gasteiger partial charge in [-0.3, -0.25) is 0 Å². The van der Waals surface area contributed by atoms with Crippen LogP contribution in [0.15, 0.2) is 33.4 Å². The molecular formula is C15H11BrN4O3. The first-order valence-electron chi connectivity index (χ1n) is 6.80. The maximum Gasteiger partial charge on any atom is 0.374 e. The van der Waals surface area contributed by atoms with Crippen LogP contribution in [-0.2, 0) is 11.3 Å². The van der Waals surface area contributed by atoms with Gasteiger partial charge in [-0.15, -0.1) is 5.10 Å². The normalized spacial score (nSPS) is 10.7. The third kappa shape index (κ3) is 2.96. The highest BCUT2D eigenvalue weighted by Gasteiger charge is 2.22. The number of nitriles is 1. The Morgan fingerprint density at radius 2 is 2.35 bits per heavy atom. The van der Waals surface area contributed by atoms with Gasteiger partial charge in [0.1, 0.15) is 18.0 Å². The van der Waals surface area contributed by atoms with Gasteiger partial charge in [-0.05, 0) is 25.1 Å². The van der Waals surface area contributed by atoms with Crippen molar-refractivity contribution in [1.82, 2.24) is 14.8 Å². The first-order valence-corrected chi connectivity index (χ1v) is 7.59. The van der Waals surface area contributed by atoms with Gasteiger partial charge >= 0.3 is 5.97 Å². The number of halogens is 1. The third-order valence-corrected chi connectivity index (χ3v) is 3.66. The highest BCUT2D eigenvalue weighted by molar-refractivity contribution is 9.10. The fourth-order valence-electron chi connectivity index (χ4n) is 2.22. The molecule has 2 aromatic heterocycles. The molecule has 0 amide bonds. The molecule has 7 nitrogen and oxygen atoms in total. The van der Waals surface area contributed by atoms with Crippen molar-refractivity contribution < 1.29 is 13.9 Å². The summed E-state index contributed by atoms with van der Waals surface area (Å²) in [5, 5.41) is 13.6. The molecule has 8 heteroatoms.